The Kier molecular flexibility index (Phi) is 5.55. The van der Waals surface area contributed by atoms with E-state index in [1.165, 1.54) is 24.3 Å². The number of fused-ring (bicyclic) bond motifs is 1. The fourth-order valence-corrected chi connectivity index (χ4v) is 3.49. The SMILES string of the molecule is CC(C)(C)c1ccc(C(=O)Nc2ccc(C(=O)NN3C(=O)c4ccccc4C3=O)cc2)cc1. The molecule has 0 bridgehead atoms. The van der Waals surface area contributed by atoms with Crippen molar-refractivity contribution in [2.24, 2.45) is 0 Å². The van der Waals surface area contributed by atoms with Crippen molar-refractivity contribution in [1.29, 1.82) is 0 Å². The van der Waals surface area contributed by atoms with Crippen LogP contribution in [0.2, 0.25) is 0 Å². The normalized spacial score (nSPS) is 13.0. The second kappa shape index (κ2) is 8.35. The zero-order chi connectivity index (χ0) is 23.8. The Morgan fingerprint density at radius 3 is 1.70 bits per heavy atom. The third-order valence-electron chi connectivity index (χ3n) is 5.43. The van der Waals surface area contributed by atoms with E-state index >= 15 is 0 Å². The topological polar surface area (TPSA) is 95.6 Å². The van der Waals surface area contributed by atoms with Gasteiger partial charge in [-0.1, -0.05) is 45.0 Å². The summed E-state index contributed by atoms with van der Waals surface area (Å²) in [6.45, 7) is 6.32. The Morgan fingerprint density at radius 1 is 0.697 bits per heavy atom. The standard InChI is InChI=1S/C26H23N3O4/c1-26(2,3)18-12-8-16(9-13-18)22(30)27-19-14-10-17(11-15-19)23(31)28-29-24(32)20-6-4-5-7-21(20)25(29)33/h4-15H,1-3H3,(H,27,30)(H,28,31). The summed E-state index contributed by atoms with van der Waals surface area (Å²) in [5.41, 5.74) is 5.25. The first-order valence-electron chi connectivity index (χ1n) is 10.5. The van der Waals surface area contributed by atoms with E-state index in [-0.39, 0.29) is 28.0 Å². The summed E-state index contributed by atoms with van der Waals surface area (Å²) in [6.07, 6.45) is 0. The Balaban J connectivity index is 1.40. The molecule has 33 heavy (non-hydrogen) atoms. The van der Waals surface area contributed by atoms with Crippen LogP contribution in [0.1, 0.15) is 67.8 Å². The minimum Gasteiger partial charge on any atom is -0.322 e. The van der Waals surface area contributed by atoms with Gasteiger partial charge in [0.25, 0.3) is 23.6 Å². The van der Waals surface area contributed by atoms with E-state index in [1.54, 1.807) is 36.4 Å². The van der Waals surface area contributed by atoms with Gasteiger partial charge in [0, 0.05) is 16.8 Å². The van der Waals surface area contributed by atoms with Crippen LogP contribution >= 0.6 is 0 Å². The number of nitrogens with one attached hydrogen (secondary N) is 2. The summed E-state index contributed by atoms with van der Waals surface area (Å²) in [4.78, 5) is 49.9. The highest BCUT2D eigenvalue weighted by Gasteiger charge is 2.36. The van der Waals surface area contributed by atoms with E-state index in [4.69, 9.17) is 0 Å². The number of anilines is 1. The number of benzene rings is 3. The van der Waals surface area contributed by atoms with Crippen molar-refractivity contribution in [2.45, 2.75) is 26.2 Å². The summed E-state index contributed by atoms with van der Waals surface area (Å²) in [5, 5.41) is 3.50. The quantitative estimate of drug-likeness (QED) is 0.594. The number of nitrogens with zero attached hydrogens (tertiary/aromatic N) is 1. The zero-order valence-corrected chi connectivity index (χ0v) is 18.5. The summed E-state index contributed by atoms with van der Waals surface area (Å²) < 4.78 is 0. The monoisotopic (exact) mass is 441 g/mol. The highest BCUT2D eigenvalue weighted by molar-refractivity contribution is 6.22. The van der Waals surface area contributed by atoms with Crippen molar-refractivity contribution >= 4 is 29.3 Å². The molecule has 0 atom stereocenters. The third-order valence-corrected chi connectivity index (χ3v) is 5.43. The molecule has 0 fully saturated rings. The lowest BCUT2D eigenvalue weighted by Gasteiger charge is -2.19. The first kappa shape index (κ1) is 22.0. The van der Waals surface area contributed by atoms with E-state index in [1.807, 2.05) is 12.1 Å². The molecule has 3 aromatic carbocycles. The fraction of sp³-hybridized carbons (Fsp3) is 0.154. The molecule has 4 amide bonds. The number of rotatable bonds is 4. The highest BCUT2D eigenvalue weighted by Crippen LogP contribution is 2.23. The van der Waals surface area contributed by atoms with Crippen LogP contribution in [0.3, 0.4) is 0 Å². The summed E-state index contributed by atoms with van der Waals surface area (Å²) in [5.74, 6) is -2.03. The van der Waals surface area contributed by atoms with Gasteiger partial charge >= 0.3 is 0 Å². The second-order valence-electron chi connectivity index (χ2n) is 8.79. The van der Waals surface area contributed by atoms with Crippen LogP contribution in [-0.2, 0) is 5.41 Å². The molecule has 2 N–H and O–H groups in total. The van der Waals surface area contributed by atoms with Crippen LogP contribution in [0.15, 0.2) is 72.8 Å². The second-order valence-corrected chi connectivity index (χ2v) is 8.79. The number of amides is 4. The average Bonchev–Trinajstić information content (AvgIpc) is 3.04. The Hall–Kier alpha value is -4.26. The molecule has 4 rings (SSSR count). The Bertz CT molecular complexity index is 1220. The van der Waals surface area contributed by atoms with Crippen LogP contribution in [0, 0.1) is 0 Å². The Morgan fingerprint density at radius 2 is 1.18 bits per heavy atom. The maximum atomic E-state index is 12.6. The maximum absolute atomic E-state index is 12.6. The lowest BCUT2D eigenvalue weighted by Crippen LogP contribution is -2.45. The number of hydrogen-bond acceptors (Lipinski definition) is 4. The molecule has 0 unspecified atom stereocenters. The maximum Gasteiger partial charge on any atom is 0.280 e. The van der Waals surface area contributed by atoms with Crippen molar-refractivity contribution in [1.82, 2.24) is 10.4 Å². The first-order chi connectivity index (χ1) is 15.6. The molecule has 166 valence electrons. The molecular weight excluding hydrogens is 418 g/mol. The van der Waals surface area contributed by atoms with Gasteiger partial charge in [-0.15, -0.1) is 0 Å². The van der Waals surface area contributed by atoms with Gasteiger partial charge in [-0.3, -0.25) is 24.6 Å². The van der Waals surface area contributed by atoms with Crippen molar-refractivity contribution in [3.05, 3.63) is 101 Å². The van der Waals surface area contributed by atoms with E-state index in [2.05, 4.69) is 31.5 Å². The first-order valence-corrected chi connectivity index (χ1v) is 10.5. The molecule has 7 nitrogen and oxygen atoms in total. The molecule has 0 aliphatic carbocycles. The molecule has 1 heterocycles. The fourth-order valence-electron chi connectivity index (χ4n) is 3.49. The van der Waals surface area contributed by atoms with Crippen LogP contribution in [0.4, 0.5) is 5.69 Å². The van der Waals surface area contributed by atoms with E-state index in [0.29, 0.717) is 16.3 Å². The van der Waals surface area contributed by atoms with Crippen LogP contribution in [-0.4, -0.2) is 28.6 Å². The van der Waals surface area contributed by atoms with Gasteiger partial charge in [0.15, 0.2) is 0 Å². The van der Waals surface area contributed by atoms with Crippen molar-refractivity contribution in [3.63, 3.8) is 0 Å². The summed E-state index contributed by atoms with van der Waals surface area (Å²) in [7, 11) is 0. The van der Waals surface area contributed by atoms with Gasteiger partial charge in [-0.25, -0.2) is 0 Å². The number of imide groups is 1. The van der Waals surface area contributed by atoms with E-state index in [9.17, 15) is 19.2 Å². The molecular formula is C26H23N3O4. The number of carbonyl (C=O) groups is 4. The van der Waals surface area contributed by atoms with Gasteiger partial charge in [0.1, 0.15) is 0 Å². The zero-order valence-electron chi connectivity index (χ0n) is 18.5. The summed E-state index contributed by atoms with van der Waals surface area (Å²) >= 11 is 0. The number of carbonyl (C=O) groups excluding carboxylic acids is 4. The lowest BCUT2D eigenvalue weighted by molar-refractivity contribution is 0.0518. The predicted molar refractivity (Wildman–Crippen MR) is 124 cm³/mol. The Labute approximate surface area is 191 Å². The van der Waals surface area contributed by atoms with E-state index < -0.39 is 17.7 Å². The van der Waals surface area contributed by atoms with Gasteiger partial charge in [0.05, 0.1) is 11.1 Å². The molecule has 0 saturated carbocycles. The minimum absolute atomic E-state index is 0.00149. The smallest absolute Gasteiger partial charge is 0.280 e. The number of hydrazine groups is 1. The van der Waals surface area contributed by atoms with Crippen molar-refractivity contribution in [3.8, 4) is 0 Å². The number of hydrogen-bond donors (Lipinski definition) is 2. The van der Waals surface area contributed by atoms with Crippen LogP contribution < -0.4 is 10.7 Å². The molecule has 1 aliphatic rings. The molecule has 1 aliphatic heterocycles. The molecule has 0 saturated heterocycles. The van der Waals surface area contributed by atoms with E-state index in [0.717, 1.165) is 5.56 Å². The summed E-state index contributed by atoms with van der Waals surface area (Å²) in [6, 6.07) is 20.0. The largest absolute Gasteiger partial charge is 0.322 e. The molecule has 0 aromatic heterocycles. The average molecular weight is 441 g/mol. The minimum atomic E-state index is -0.611. The van der Waals surface area contributed by atoms with Gasteiger partial charge < -0.3 is 5.32 Å². The molecule has 7 heteroatoms. The molecule has 0 spiro atoms. The third kappa shape index (κ3) is 4.39. The van der Waals surface area contributed by atoms with Crippen LogP contribution in [0.5, 0.6) is 0 Å². The molecule has 3 aromatic rings. The highest BCUT2D eigenvalue weighted by atomic mass is 16.2. The lowest BCUT2D eigenvalue weighted by atomic mass is 9.87. The van der Waals surface area contributed by atoms with Gasteiger partial charge in [-0.05, 0) is 59.5 Å². The molecule has 0 radical (unpaired) electrons. The predicted octanol–water partition coefficient (Wildman–Crippen LogP) is 4.18. The van der Waals surface area contributed by atoms with Gasteiger partial charge in [-0.2, -0.15) is 5.01 Å². The van der Waals surface area contributed by atoms with Crippen molar-refractivity contribution < 1.29 is 19.2 Å². The van der Waals surface area contributed by atoms with Crippen molar-refractivity contribution in [2.75, 3.05) is 5.32 Å². The van der Waals surface area contributed by atoms with Crippen LogP contribution in [0.25, 0.3) is 0 Å². The van der Waals surface area contributed by atoms with Gasteiger partial charge in [0.2, 0.25) is 0 Å².